The molecule has 7 nitrogen and oxygen atoms in total. The predicted molar refractivity (Wildman–Crippen MR) is 108 cm³/mol. The molecule has 0 saturated heterocycles. The third-order valence-electron chi connectivity index (χ3n) is 5.43. The third kappa shape index (κ3) is 3.63. The van der Waals surface area contributed by atoms with Crippen molar-refractivity contribution in [1.29, 1.82) is 0 Å². The first-order chi connectivity index (χ1) is 14.2. The smallest absolute Gasteiger partial charge is 0.277 e. The Morgan fingerprint density at radius 3 is 2.66 bits per heavy atom. The van der Waals surface area contributed by atoms with Crippen LogP contribution in [0.3, 0.4) is 0 Å². The summed E-state index contributed by atoms with van der Waals surface area (Å²) < 4.78 is 0. The molecule has 0 spiro atoms. The van der Waals surface area contributed by atoms with Crippen molar-refractivity contribution < 1.29 is 9.59 Å². The number of carbonyl (C=O) groups is 2. The van der Waals surface area contributed by atoms with E-state index >= 15 is 0 Å². The summed E-state index contributed by atoms with van der Waals surface area (Å²) >= 11 is 0. The number of para-hydroxylation sites is 1. The first kappa shape index (κ1) is 17.6. The van der Waals surface area contributed by atoms with Crippen LogP contribution in [0.15, 0.2) is 54.7 Å². The van der Waals surface area contributed by atoms with Crippen molar-refractivity contribution in [2.24, 2.45) is 5.92 Å². The van der Waals surface area contributed by atoms with Gasteiger partial charge in [0, 0.05) is 24.7 Å². The molecule has 2 aromatic carbocycles. The molecule has 7 heteroatoms. The summed E-state index contributed by atoms with van der Waals surface area (Å²) in [4.78, 5) is 28.4. The van der Waals surface area contributed by atoms with E-state index in [0.717, 1.165) is 37.1 Å². The molecule has 1 saturated carbocycles. The van der Waals surface area contributed by atoms with E-state index in [-0.39, 0.29) is 23.4 Å². The van der Waals surface area contributed by atoms with Crippen molar-refractivity contribution in [3.8, 4) is 5.69 Å². The maximum atomic E-state index is 12.6. The average Bonchev–Trinajstić information content (AvgIpc) is 3.49. The molecule has 29 heavy (non-hydrogen) atoms. The number of anilines is 1. The number of rotatable bonds is 4. The number of fused-ring (bicyclic) bond motifs is 1. The molecule has 0 atom stereocenters. The van der Waals surface area contributed by atoms with Gasteiger partial charge in [-0.3, -0.25) is 9.59 Å². The summed E-state index contributed by atoms with van der Waals surface area (Å²) in [5.74, 6) is 0.183. The number of nitrogens with zero attached hydrogens (tertiary/aromatic N) is 4. The van der Waals surface area contributed by atoms with Crippen molar-refractivity contribution >= 4 is 17.5 Å². The van der Waals surface area contributed by atoms with E-state index in [0.29, 0.717) is 12.2 Å². The molecular weight excluding hydrogens is 366 g/mol. The minimum absolute atomic E-state index is 0.228. The van der Waals surface area contributed by atoms with E-state index in [1.54, 1.807) is 0 Å². The molecule has 1 aliphatic carbocycles. The van der Waals surface area contributed by atoms with Crippen molar-refractivity contribution in [2.45, 2.75) is 25.8 Å². The fourth-order valence-corrected chi connectivity index (χ4v) is 3.66. The lowest BCUT2D eigenvalue weighted by Crippen LogP contribution is -2.36. The van der Waals surface area contributed by atoms with Crippen molar-refractivity contribution in [3.05, 3.63) is 71.5 Å². The normalized spacial score (nSPS) is 15.7. The van der Waals surface area contributed by atoms with E-state index in [1.165, 1.54) is 16.6 Å². The number of carbonyl (C=O) groups excluding carboxylic acids is 2. The van der Waals surface area contributed by atoms with E-state index in [1.807, 2.05) is 53.4 Å². The summed E-state index contributed by atoms with van der Waals surface area (Å²) in [6.45, 7) is 1.38. The SMILES string of the molecule is O=C(Nc1ccc2c(c1)CN(C(=O)C1CC1)CC2)c1cnn(-c2ccccc2)n1. The lowest BCUT2D eigenvalue weighted by molar-refractivity contribution is -0.133. The van der Waals surface area contributed by atoms with Gasteiger partial charge in [-0.25, -0.2) is 0 Å². The quantitative estimate of drug-likeness (QED) is 0.747. The molecule has 2 heterocycles. The number of hydrogen-bond donors (Lipinski definition) is 1. The molecule has 0 bridgehead atoms. The lowest BCUT2D eigenvalue weighted by Gasteiger charge is -2.29. The van der Waals surface area contributed by atoms with Crippen LogP contribution in [0.2, 0.25) is 0 Å². The Hall–Kier alpha value is -3.48. The molecule has 1 N–H and O–H groups in total. The first-order valence-electron chi connectivity index (χ1n) is 9.87. The van der Waals surface area contributed by atoms with Crippen LogP contribution < -0.4 is 5.32 Å². The van der Waals surface area contributed by atoms with Crippen molar-refractivity contribution in [3.63, 3.8) is 0 Å². The van der Waals surface area contributed by atoms with Crippen molar-refractivity contribution in [1.82, 2.24) is 19.9 Å². The van der Waals surface area contributed by atoms with E-state index < -0.39 is 0 Å². The highest BCUT2D eigenvalue weighted by Crippen LogP contribution is 2.33. The van der Waals surface area contributed by atoms with Crippen LogP contribution in [-0.4, -0.2) is 38.3 Å². The molecule has 0 unspecified atom stereocenters. The number of nitrogens with one attached hydrogen (secondary N) is 1. The highest BCUT2D eigenvalue weighted by atomic mass is 16.2. The van der Waals surface area contributed by atoms with Gasteiger partial charge < -0.3 is 10.2 Å². The van der Waals surface area contributed by atoms with E-state index in [9.17, 15) is 9.59 Å². The van der Waals surface area contributed by atoms with Gasteiger partial charge in [-0.05, 0) is 54.7 Å². The van der Waals surface area contributed by atoms with Gasteiger partial charge in [0.25, 0.3) is 5.91 Å². The molecule has 0 radical (unpaired) electrons. The van der Waals surface area contributed by atoms with Gasteiger partial charge in [0.2, 0.25) is 5.91 Å². The van der Waals surface area contributed by atoms with Crippen LogP contribution in [0.25, 0.3) is 5.69 Å². The van der Waals surface area contributed by atoms with Crippen LogP contribution in [0, 0.1) is 5.92 Å². The Labute approximate surface area is 168 Å². The molecule has 2 amide bonds. The lowest BCUT2D eigenvalue weighted by atomic mass is 9.98. The third-order valence-corrected chi connectivity index (χ3v) is 5.43. The van der Waals surface area contributed by atoms with Gasteiger partial charge in [-0.1, -0.05) is 24.3 Å². The largest absolute Gasteiger partial charge is 0.338 e. The van der Waals surface area contributed by atoms with Crippen LogP contribution in [0.5, 0.6) is 0 Å². The second kappa shape index (κ2) is 7.16. The molecule has 1 aromatic heterocycles. The van der Waals surface area contributed by atoms with Crippen LogP contribution in [0.1, 0.15) is 34.5 Å². The Bertz CT molecular complexity index is 1070. The van der Waals surface area contributed by atoms with Gasteiger partial charge in [0.1, 0.15) is 0 Å². The molecule has 146 valence electrons. The molecule has 3 aromatic rings. The van der Waals surface area contributed by atoms with E-state index in [4.69, 9.17) is 0 Å². The fourth-order valence-electron chi connectivity index (χ4n) is 3.66. The maximum absolute atomic E-state index is 12.6. The summed E-state index contributed by atoms with van der Waals surface area (Å²) in [6.07, 6.45) is 4.34. The molecule has 2 aliphatic rings. The topological polar surface area (TPSA) is 80.1 Å². The highest BCUT2D eigenvalue weighted by molar-refractivity contribution is 6.02. The number of benzene rings is 2. The molecule has 5 rings (SSSR count). The predicted octanol–water partition coefficient (Wildman–Crippen LogP) is 2.81. The van der Waals surface area contributed by atoms with Gasteiger partial charge >= 0.3 is 0 Å². The Morgan fingerprint density at radius 1 is 1.03 bits per heavy atom. The number of amides is 2. The van der Waals surface area contributed by atoms with Crippen LogP contribution in [-0.2, 0) is 17.8 Å². The average molecular weight is 387 g/mol. The molecular formula is C22H21N5O2. The summed E-state index contributed by atoms with van der Waals surface area (Å²) in [5.41, 5.74) is 4.07. The fraction of sp³-hybridized carbons (Fsp3) is 0.273. The summed E-state index contributed by atoms with van der Waals surface area (Å²) in [7, 11) is 0. The molecule has 1 aliphatic heterocycles. The van der Waals surface area contributed by atoms with Crippen LogP contribution >= 0.6 is 0 Å². The first-order valence-corrected chi connectivity index (χ1v) is 9.87. The van der Waals surface area contributed by atoms with Gasteiger partial charge in [-0.15, -0.1) is 5.10 Å². The summed E-state index contributed by atoms with van der Waals surface area (Å²) in [6, 6.07) is 15.3. The second-order valence-corrected chi connectivity index (χ2v) is 7.58. The number of hydrogen-bond acceptors (Lipinski definition) is 4. The van der Waals surface area contributed by atoms with Gasteiger partial charge in [-0.2, -0.15) is 9.90 Å². The second-order valence-electron chi connectivity index (χ2n) is 7.58. The van der Waals surface area contributed by atoms with Gasteiger partial charge in [0.15, 0.2) is 5.69 Å². The zero-order valence-electron chi connectivity index (χ0n) is 15.9. The maximum Gasteiger partial charge on any atom is 0.277 e. The number of aromatic nitrogens is 3. The summed E-state index contributed by atoms with van der Waals surface area (Å²) in [5, 5.41) is 11.3. The van der Waals surface area contributed by atoms with Crippen LogP contribution in [0.4, 0.5) is 5.69 Å². The minimum Gasteiger partial charge on any atom is -0.338 e. The Kier molecular flexibility index (Phi) is 4.35. The van der Waals surface area contributed by atoms with Crippen molar-refractivity contribution in [2.75, 3.05) is 11.9 Å². The standard InChI is InChI=1S/C22H21N5O2/c28-21(20-13-23-27(25-20)19-4-2-1-3-5-19)24-18-9-8-15-10-11-26(14-17(15)12-18)22(29)16-6-7-16/h1-5,8-9,12-13,16H,6-7,10-11,14H2,(H,24,28). The molecule has 1 fully saturated rings. The highest BCUT2D eigenvalue weighted by Gasteiger charge is 2.34. The minimum atomic E-state index is -0.311. The zero-order valence-corrected chi connectivity index (χ0v) is 15.9. The Morgan fingerprint density at radius 2 is 1.86 bits per heavy atom. The zero-order chi connectivity index (χ0) is 19.8. The monoisotopic (exact) mass is 387 g/mol. The van der Waals surface area contributed by atoms with E-state index in [2.05, 4.69) is 15.5 Å². The Balaban J connectivity index is 1.30. The van der Waals surface area contributed by atoms with Gasteiger partial charge in [0.05, 0.1) is 11.9 Å².